The van der Waals surface area contributed by atoms with Gasteiger partial charge in [0.2, 0.25) is 0 Å². The van der Waals surface area contributed by atoms with Crippen LogP contribution < -0.4 is 0 Å². The zero-order valence-corrected chi connectivity index (χ0v) is 9.17. The maximum atomic E-state index is 10.4. The maximum Gasteiger partial charge on any atom is 0.303 e. The Bertz CT molecular complexity index is 164. The highest BCUT2D eigenvalue weighted by atomic mass is 16.4. The summed E-state index contributed by atoms with van der Waals surface area (Å²) >= 11 is 0. The van der Waals surface area contributed by atoms with Crippen molar-refractivity contribution in [1.82, 2.24) is 0 Å². The average Bonchev–Trinajstić information content (AvgIpc) is 2.10. The van der Waals surface area contributed by atoms with Gasteiger partial charge in [-0.2, -0.15) is 0 Å². The smallest absolute Gasteiger partial charge is 0.303 e. The minimum atomic E-state index is -0.677. The van der Waals surface area contributed by atoms with Gasteiger partial charge >= 0.3 is 5.97 Å². The topological polar surface area (TPSA) is 37.3 Å². The van der Waals surface area contributed by atoms with Crippen LogP contribution in [0.2, 0.25) is 0 Å². The van der Waals surface area contributed by atoms with Crippen LogP contribution in [0.4, 0.5) is 0 Å². The molecular weight excluding hydrogens is 176 g/mol. The summed E-state index contributed by atoms with van der Waals surface area (Å²) in [5.41, 5.74) is 0. The van der Waals surface area contributed by atoms with Crippen molar-refractivity contribution in [2.24, 2.45) is 5.92 Å². The summed E-state index contributed by atoms with van der Waals surface area (Å²) in [6.45, 7) is 5.69. The Hall–Kier alpha value is -0.790. The van der Waals surface area contributed by atoms with Crippen molar-refractivity contribution in [2.75, 3.05) is 0 Å². The van der Waals surface area contributed by atoms with Crippen molar-refractivity contribution in [3.63, 3.8) is 0 Å². The summed E-state index contributed by atoms with van der Waals surface area (Å²) in [5.74, 6) is -0.351. The van der Waals surface area contributed by atoms with Crippen LogP contribution in [0.3, 0.4) is 0 Å². The summed E-state index contributed by atoms with van der Waals surface area (Å²) in [6.07, 6.45) is 9.25. The van der Waals surface area contributed by atoms with Crippen molar-refractivity contribution in [2.45, 2.75) is 51.9 Å². The summed E-state index contributed by atoms with van der Waals surface area (Å²) in [4.78, 5) is 10.4. The number of rotatable bonds is 9. The van der Waals surface area contributed by atoms with E-state index in [0.717, 1.165) is 19.3 Å². The van der Waals surface area contributed by atoms with Gasteiger partial charge in [-0.3, -0.25) is 4.79 Å². The Morgan fingerprint density at radius 1 is 1.36 bits per heavy atom. The molecule has 0 aliphatic carbocycles. The molecular formula is C12H22O2. The summed E-state index contributed by atoms with van der Waals surface area (Å²) in [5, 5.41) is 8.55. The van der Waals surface area contributed by atoms with Crippen molar-refractivity contribution in [1.29, 1.82) is 0 Å². The van der Waals surface area contributed by atoms with Crippen molar-refractivity contribution in [3.8, 4) is 0 Å². The Labute approximate surface area is 87.0 Å². The highest BCUT2D eigenvalue weighted by Gasteiger charge is 2.06. The number of allylic oxidation sites excluding steroid dienone is 1. The zero-order chi connectivity index (χ0) is 10.8. The molecule has 2 heteroatoms. The van der Waals surface area contributed by atoms with Crippen LogP contribution in [0.25, 0.3) is 0 Å². The second-order valence-electron chi connectivity index (χ2n) is 3.98. The molecule has 82 valence electrons. The first-order valence-electron chi connectivity index (χ1n) is 5.49. The van der Waals surface area contributed by atoms with Gasteiger partial charge in [-0.25, -0.2) is 0 Å². The molecule has 0 aromatic carbocycles. The predicted molar refractivity (Wildman–Crippen MR) is 59.3 cm³/mol. The maximum absolute atomic E-state index is 10.4. The third-order valence-corrected chi connectivity index (χ3v) is 2.38. The van der Waals surface area contributed by atoms with E-state index in [9.17, 15) is 4.79 Å². The van der Waals surface area contributed by atoms with Gasteiger partial charge in [0.25, 0.3) is 0 Å². The predicted octanol–water partition coefficient (Wildman–Crippen LogP) is 3.62. The number of carbonyl (C=O) groups is 1. The molecule has 0 rings (SSSR count). The lowest BCUT2D eigenvalue weighted by atomic mass is 9.99. The summed E-state index contributed by atoms with van der Waals surface area (Å²) < 4.78 is 0. The molecule has 1 unspecified atom stereocenters. The number of hydrogen-bond acceptors (Lipinski definition) is 1. The molecule has 2 nitrogen and oxygen atoms in total. The second kappa shape index (κ2) is 8.79. The van der Waals surface area contributed by atoms with Crippen molar-refractivity contribution in [3.05, 3.63) is 12.7 Å². The van der Waals surface area contributed by atoms with Gasteiger partial charge in [0.1, 0.15) is 0 Å². The summed E-state index contributed by atoms with van der Waals surface area (Å²) in [6, 6.07) is 0. The lowest BCUT2D eigenvalue weighted by Gasteiger charge is -2.07. The molecule has 0 saturated carbocycles. The first-order valence-corrected chi connectivity index (χ1v) is 5.49. The molecule has 0 aliphatic heterocycles. The van der Waals surface area contributed by atoms with E-state index in [0.29, 0.717) is 12.3 Å². The third-order valence-electron chi connectivity index (χ3n) is 2.38. The number of unbranched alkanes of at least 4 members (excludes halogenated alkanes) is 4. The Morgan fingerprint density at radius 3 is 2.57 bits per heavy atom. The normalized spacial score (nSPS) is 12.4. The van der Waals surface area contributed by atoms with E-state index in [-0.39, 0.29) is 0 Å². The van der Waals surface area contributed by atoms with Crippen LogP contribution in [0, 0.1) is 5.92 Å². The zero-order valence-electron chi connectivity index (χ0n) is 9.17. The molecule has 0 spiro atoms. The molecule has 0 aliphatic rings. The van der Waals surface area contributed by atoms with Crippen molar-refractivity contribution < 1.29 is 9.90 Å². The standard InChI is InChI=1S/C12H22O2/c1-3-4-5-6-7-8-9-11(2)10-12(13)14/h3,11H,1,4-10H2,2H3,(H,13,14). The Morgan fingerprint density at radius 2 is 2.00 bits per heavy atom. The van der Waals surface area contributed by atoms with Crippen LogP contribution in [0.5, 0.6) is 0 Å². The SMILES string of the molecule is C=CCCCCCCC(C)CC(=O)O. The molecule has 0 radical (unpaired) electrons. The van der Waals surface area contributed by atoms with E-state index in [1.165, 1.54) is 19.3 Å². The summed E-state index contributed by atoms with van der Waals surface area (Å²) in [7, 11) is 0. The molecule has 0 amide bonds. The fourth-order valence-corrected chi connectivity index (χ4v) is 1.54. The van der Waals surface area contributed by atoms with Gasteiger partial charge in [0.15, 0.2) is 0 Å². The third kappa shape index (κ3) is 9.30. The van der Waals surface area contributed by atoms with Gasteiger partial charge in [-0.15, -0.1) is 6.58 Å². The minimum absolute atomic E-state index is 0.312. The number of carboxylic acid groups (broad SMARTS) is 1. The van der Waals surface area contributed by atoms with Crippen LogP contribution in [-0.4, -0.2) is 11.1 Å². The first-order chi connectivity index (χ1) is 6.66. The van der Waals surface area contributed by atoms with Crippen LogP contribution in [-0.2, 0) is 4.79 Å². The average molecular weight is 198 g/mol. The Kier molecular flexibility index (Phi) is 8.30. The van der Waals surface area contributed by atoms with Gasteiger partial charge in [0, 0.05) is 6.42 Å². The van der Waals surface area contributed by atoms with Crippen LogP contribution in [0.15, 0.2) is 12.7 Å². The van der Waals surface area contributed by atoms with E-state index in [1.807, 2.05) is 13.0 Å². The minimum Gasteiger partial charge on any atom is -0.481 e. The van der Waals surface area contributed by atoms with E-state index >= 15 is 0 Å². The van der Waals surface area contributed by atoms with E-state index in [1.54, 1.807) is 0 Å². The van der Waals surface area contributed by atoms with E-state index in [4.69, 9.17) is 5.11 Å². The molecule has 14 heavy (non-hydrogen) atoms. The van der Waals surface area contributed by atoms with Crippen LogP contribution >= 0.6 is 0 Å². The largest absolute Gasteiger partial charge is 0.481 e. The monoisotopic (exact) mass is 198 g/mol. The number of hydrogen-bond donors (Lipinski definition) is 1. The second-order valence-corrected chi connectivity index (χ2v) is 3.98. The van der Waals surface area contributed by atoms with Gasteiger partial charge in [0.05, 0.1) is 0 Å². The molecule has 0 heterocycles. The van der Waals surface area contributed by atoms with E-state index < -0.39 is 5.97 Å². The fourth-order valence-electron chi connectivity index (χ4n) is 1.54. The van der Waals surface area contributed by atoms with Crippen molar-refractivity contribution >= 4 is 5.97 Å². The van der Waals surface area contributed by atoms with Crippen LogP contribution in [0.1, 0.15) is 51.9 Å². The Balaban J connectivity index is 3.18. The molecule has 0 saturated heterocycles. The number of aliphatic carboxylic acids is 1. The molecule has 0 bridgehead atoms. The van der Waals surface area contributed by atoms with E-state index in [2.05, 4.69) is 6.58 Å². The molecule has 0 aromatic rings. The lowest BCUT2D eigenvalue weighted by Crippen LogP contribution is -2.03. The van der Waals surface area contributed by atoms with Gasteiger partial charge < -0.3 is 5.11 Å². The highest BCUT2D eigenvalue weighted by Crippen LogP contribution is 2.14. The fraction of sp³-hybridized carbons (Fsp3) is 0.750. The van der Waals surface area contributed by atoms with Gasteiger partial charge in [-0.05, 0) is 18.8 Å². The lowest BCUT2D eigenvalue weighted by molar-refractivity contribution is -0.138. The molecule has 0 fully saturated rings. The molecule has 1 N–H and O–H groups in total. The number of carboxylic acids is 1. The quantitative estimate of drug-likeness (QED) is 0.454. The molecule has 0 aromatic heterocycles. The first kappa shape index (κ1) is 13.2. The molecule has 1 atom stereocenters. The van der Waals surface area contributed by atoms with Gasteiger partial charge in [-0.1, -0.05) is 38.7 Å². The highest BCUT2D eigenvalue weighted by molar-refractivity contribution is 5.66.